The number of carbonyl (C=O) groups excluding carboxylic acids is 1. The van der Waals surface area contributed by atoms with E-state index in [0.29, 0.717) is 5.56 Å². The number of carboxylic acids is 1. The quantitative estimate of drug-likeness (QED) is 0.792. The van der Waals surface area contributed by atoms with Crippen molar-refractivity contribution in [3.05, 3.63) is 17.5 Å². The van der Waals surface area contributed by atoms with E-state index in [1.165, 1.54) is 6.20 Å². The summed E-state index contributed by atoms with van der Waals surface area (Å²) < 4.78 is 4.73. The van der Waals surface area contributed by atoms with Crippen molar-refractivity contribution in [2.75, 3.05) is 0 Å². The van der Waals surface area contributed by atoms with Crippen molar-refractivity contribution < 1.29 is 19.2 Å². The van der Waals surface area contributed by atoms with Crippen LogP contribution in [-0.2, 0) is 4.79 Å². The molecule has 0 saturated heterocycles. The average Bonchev–Trinajstić information content (AvgIpc) is 2.59. The van der Waals surface area contributed by atoms with Gasteiger partial charge in [0.25, 0.3) is 5.91 Å². The minimum Gasteiger partial charge on any atom is -0.480 e. The number of amides is 1. The normalized spacial score (nSPS) is 12.5. The number of nitrogens with zero attached hydrogens (tertiary/aromatic N) is 1. The smallest absolute Gasteiger partial charge is 0.326 e. The summed E-state index contributed by atoms with van der Waals surface area (Å²) in [5.74, 6) is -1.78. The number of rotatable bonds is 4. The number of nitrogens with one attached hydrogen (secondary N) is 1. The standard InChI is InChI=1S/C10H14N2O4/c1-5(2)7(10(14)15)12-9(13)8-6(3)4-11-16-8/h4-5,7H,1-3H3,(H,12,13)(H,14,15). The lowest BCUT2D eigenvalue weighted by molar-refractivity contribution is -0.140. The fourth-order valence-corrected chi connectivity index (χ4v) is 1.23. The summed E-state index contributed by atoms with van der Waals surface area (Å²) in [4.78, 5) is 22.5. The Morgan fingerprint density at radius 3 is 2.50 bits per heavy atom. The molecule has 1 amide bonds. The molecule has 0 aliphatic carbocycles. The zero-order chi connectivity index (χ0) is 12.3. The highest BCUT2D eigenvalue weighted by molar-refractivity contribution is 5.95. The van der Waals surface area contributed by atoms with Crippen molar-refractivity contribution in [1.82, 2.24) is 10.5 Å². The lowest BCUT2D eigenvalue weighted by Crippen LogP contribution is -2.44. The van der Waals surface area contributed by atoms with E-state index in [1.807, 2.05) is 0 Å². The fourth-order valence-electron chi connectivity index (χ4n) is 1.23. The van der Waals surface area contributed by atoms with Crippen LogP contribution in [0.25, 0.3) is 0 Å². The molecule has 0 aliphatic heterocycles. The second-order valence-electron chi connectivity index (χ2n) is 3.87. The van der Waals surface area contributed by atoms with Crippen LogP contribution in [0.3, 0.4) is 0 Å². The van der Waals surface area contributed by atoms with Crippen LogP contribution >= 0.6 is 0 Å². The highest BCUT2D eigenvalue weighted by Gasteiger charge is 2.26. The molecule has 1 unspecified atom stereocenters. The number of hydrogen-bond acceptors (Lipinski definition) is 4. The molecule has 88 valence electrons. The highest BCUT2D eigenvalue weighted by atomic mass is 16.5. The molecule has 6 nitrogen and oxygen atoms in total. The van der Waals surface area contributed by atoms with Crippen LogP contribution in [0.2, 0.25) is 0 Å². The van der Waals surface area contributed by atoms with Crippen LogP contribution < -0.4 is 5.32 Å². The second-order valence-corrected chi connectivity index (χ2v) is 3.87. The number of aliphatic carboxylic acids is 1. The lowest BCUT2D eigenvalue weighted by atomic mass is 10.0. The first kappa shape index (κ1) is 12.2. The SMILES string of the molecule is Cc1cnoc1C(=O)NC(C(=O)O)C(C)C. The summed E-state index contributed by atoms with van der Waals surface area (Å²) in [6.07, 6.45) is 1.40. The van der Waals surface area contributed by atoms with E-state index in [2.05, 4.69) is 10.5 Å². The van der Waals surface area contributed by atoms with Gasteiger partial charge < -0.3 is 14.9 Å². The maximum atomic E-state index is 11.6. The first-order valence-corrected chi connectivity index (χ1v) is 4.88. The predicted molar refractivity (Wildman–Crippen MR) is 55.0 cm³/mol. The summed E-state index contributed by atoms with van der Waals surface area (Å²) in [5, 5.41) is 14.7. The Morgan fingerprint density at radius 1 is 1.50 bits per heavy atom. The number of carboxylic acid groups (broad SMARTS) is 1. The molecule has 1 aromatic rings. The van der Waals surface area contributed by atoms with Gasteiger partial charge in [-0.3, -0.25) is 4.79 Å². The Balaban J connectivity index is 2.77. The number of hydrogen-bond donors (Lipinski definition) is 2. The van der Waals surface area contributed by atoms with Crippen LogP contribution in [-0.4, -0.2) is 28.2 Å². The van der Waals surface area contributed by atoms with Gasteiger partial charge in [0, 0.05) is 5.56 Å². The van der Waals surface area contributed by atoms with E-state index < -0.39 is 17.9 Å². The van der Waals surface area contributed by atoms with Crippen molar-refractivity contribution in [3.63, 3.8) is 0 Å². The van der Waals surface area contributed by atoms with Gasteiger partial charge in [-0.15, -0.1) is 0 Å². The van der Waals surface area contributed by atoms with Gasteiger partial charge in [-0.25, -0.2) is 4.79 Å². The lowest BCUT2D eigenvalue weighted by Gasteiger charge is -2.16. The van der Waals surface area contributed by atoms with Crippen molar-refractivity contribution >= 4 is 11.9 Å². The van der Waals surface area contributed by atoms with Crippen LogP contribution in [0, 0.1) is 12.8 Å². The molecule has 0 aromatic carbocycles. The molecule has 2 N–H and O–H groups in total. The molecule has 1 atom stereocenters. The van der Waals surface area contributed by atoms with Crippen molar-refractivity contribution in [1.29, 1.82) is 0 Å². The van der Waals surface area contributed by atoms with Gasteiger partial charge in [0.2, 0.25) is 5.76 Å². The predicted octanol–water partition coefficient (Wildman–Crippen LogP) is 0.822. The third-order valence-corrected chi connectivity index (χ3v) is 2.17. The van der Waals surface area contributed by atoms with Crippen molar-refractivity contribution in [2.24, 2.45) is 5.92 Å². The Kier molecular flexibility index (Phi) is 3.65. The first-order chi connectivity index (χ1) is 7.43. The third-order valence-electron chi connectivity index (χ3n) is 2.17. The Hall–Kier alpha value is -1.85. The number of carbonyl (C=O) groups is 2. The summed E-state index contributed by atoms with van der Waals surface area (Å²) in [6, 6.07) is -0.933. The molecule has 1 rings (SSSR count). The molecule has 0 radical (unpaired) electrons. The maximum absolute atomic E-state index is 11.6. The molecule has 16 heavy (non-hydrogen) atoms. The van der Waals surface area contributed by atoms with Crippen LogP contribution in [0.5, 0.6) is 0 Å². The molecule has 0 saturated carbocycles. The van der Waals surface area contributed by atoms with Gasteiger partial charge in [0.05, 0.1) is 6.20 Å². The Labute approximate surface area is 92.6 Å². The van der Waals surface area contributed by atoms with Gasteiger partial charge in [-0.05, 0) is 12.8 Å². The van der Waals surface area contributed by atoms with Gasteiger partial charge in [0.15, 0.2) is 0 Å². The molecule has 6 heteroatoms. The van der Waals surface area contributed by atoms with E-state index in [-0.39, 0.29) is 11.7 Å². The molecule has 1 heterocycles. The summed E-state index contributed by atoms with van der Waals surface area (Å²) in [7, 11) is 0. The molecule has 0 fully saturated rings. The second kappa shape index (κ2) is 4.78. The zero-order valence-electron chi connectivity index (χ0n) is 9.35. The molecule has 0 spiro atoms. The van der Waals surface area contributed by atoms with Crippen LogP contribution in [0.4, 0.5) is 0 Å². The maximum Gasteiger partial charge on any atom is 0.326 e. The third kappa shape index (κ3) is 2.59. The number of aromatic nitrogens is 1. The van der Waals surface area contributed by atoms with Gasteiger partial charge >= 0.3 is 5.97 Å². The highest BCUT2D eigenvalue weighted by Crippen LogP contribution is 2.08. The fraction of sp³-hybridized carbons (Fsp3) is 0.500. The topological polar surface area (TPSA) is 92.4 Å². The van der Waals surface area contributed by atoms with Crippen molar-refractivity contribution in [2.45, 2.75) is 26.8 Å². The van der Waals surface area contributed by atoms with Crippen molar-refractivity contribution in [3.8, 4) is 0 Å². The molecule has 1 aromatic heterocycles. The molecule has 0 bridgehead atoms. The van der Waals surface area contributed by atoms with E-state index in [4.69, 9.17) is 9.63 Å². The summed E-state index contributed by atoms with van der Waals surface area (Å²) >= 11 is 0. The molecule has 0 aliphatic rings. The van der Waals surface area contributed by atoms with Gasteiger partial charge in [-0.1, -0.05) is 19.0 Å². The van der Waals surface area contributed by atoms with Gasteiger partial charge in [0.1, 0.15) is 6.04 Å². The van der Waals surface area contributed by atoms with E-state index in [1.54, 1.807) is 20.8 Å². The van der Waals surface area contributed by atoms with E-state index in [0.717, 1.165) is 0 Å². The van der Waals surface area contributed by atoms with E-state index >= 15 is 0 Å². The summed E-state index contributed by atoms with van der Waals surface area (Å²) in [6.45, 7) is 5.09. The molecular weight excluding hydrogens is 212 g/mol. The first-order valence-electron chi connectivity index (χ1n) is 4.88. The summed E-state index contributed by atoms with van der Waals surface area (Å²) in [5.41, 5.74) is 0.574. The Bertz CT molecular complexity index is 397. The average molecular weight is 226 g/mol. The molecular formula is C10H14N2O4. The van der Waals surface area contributed by atoms with Crippen LogP contribution in [0.15, 0.2) is 10.7 Å². The van der Waals surface area contributed by atoms with E-state index in [9.17, 15) is 9.59 Å². The minimum absolute atomic E-state index is 0.0481. The number of aryl methyl sites for hydroxylation is 1. The largest absolute Gasteiger partial charge is 0.480 e. The minimum atomic E-state index is -1.07. The Morgan fingerprint density at radius 2 is 2.12 bits per heavy atom. The monoisotopic (exact) mass is 226 g/mol. The van der Waals surface area contributed by atoms with Gasteiger partial charge in [-0.2, -0.15) is 0 Å². The zero-order valence-corrected chi connectivity index (χ0v) is 9.35. The van der Waals surface area contributed by atoms with Crippen LogP contribution in [0.1, 0.15) is 30.0 Å².